The maximum Gasteiger partial charge on any atom is 0.225 e. The minimum atomic E-state index is -0.0434. The summed E-state index contributed by atoms with van der Waals surface area (Å²) in [4.78, 5) is 4.97. The summed E-state index contributed by atoms with van der Waals surface area (Å²) in [5.74, 6) is 4.31. The van der Waals surface area contributed by atoms with Crippen LogP contribution in [0.3, 0.4) is 0 Å². The van der Waals surface area contributed by atoms with E-state index in [1.54, 1.807) is 0 Å². The second-order valence-corrected chi connectivity index (χ2v) is 24.4. The van der Waals surface area contributed by atoms with E-state index < -0.39 is 0 Å². The Balaban J connectivity index is 0.00000657. The molecular formula is C70H75N4OPt-. The Kier molecular flexibility index (Phi) is 13.8. The van der Waals surface area contributed by atoms with E-state index in [0.717, 1.165) is 38.9 Å². The van der Waals surface area contributed by atoms with E-state index in [2.05, 4.69) is 261 Å². The van der Waals surface area contributed by atoms with Gasteiger partial charge in [-0.05, 0) is 120 Å². The molecule has 2 atom stereocenters. The molecule has 11 rings (SSSR count). The normalized spacial score (nSPS) is 17.0. The van der Waals surface area contributed by atoms with E-state index in [0.29, 0.717) is 56.2 Å². The molecule has 0 aliphatic carbocycles. The van der Waals surface area contributed by atoms with E-state index in [4.69, 9.17) is 9.72 Å². The van der Waals surface area contributed by atoms with Crippen molar-refractivity contribution in [1.82, 2.24) is 18.7 Å². The van der Waals surface area contributed by atoms with Gasteiger partial charge in [0, 0.05) is 68.5 Å². The van der Waals surface area contributed by atoms with Gasteiger partial charge in [-0.25, -0.2) is 9.58 Å². The zero-order valence-corrected chi connectivity index (χ0v) is 49.6. The smallest absolute Gasteiger partial charge is 0.225 e. The molecule has 2 aliphatic heterocycles. The van der Waals surface area contributed by atoms with Crippen molar-refractivity contribution in [3.8, 4) is 39.6 Å². The first kappa shape index (κ1) is 53.3. The molecule has 6 heteroatoms. The number of quaternary nitrogens is 2. The Morgan fingerprint density at radius 3 is 1.66 bits per heavy atom. The Morgan fingerprint density at radius 2 is 1.08 bits per heavy atom. The van der Waals surface area contributed by atoms with Crippen LogP contribution in [0.25, 0.3) is 49.9 Å². The van der Waals surface area contributed by atoms with Crippen LogP contribution in [-0.4, -0.2) is 9.55 Å². The number of para-hydroxylation sites is 3. The summed E-state index contributed by atoms with van der Waals surface area (Å²) in [6, 6.07) is 57.9. The molecule has 392 valence electrons. The molecule has 1 unspecified atom stereocenters. The van der Waals surface area contributed by atoms with Gasteiger partial charge in [-0.2, -0.15) is 10.7 Å². The van der Waals surface area contributed by atoms with Gasteiger partial charge in [0.15, 0.2) is 12.4 Å². The molecule has 1 saturated heterocycles. The van der Waals surface area contributed by atoms with Crippen molar-refractivity contribution in [3.05, 3.63) is 197 Å². The maximum absolute atomic E-state index is 7.22. The molecular weight excluding hydrogens is 1110 g/mol. The van der Waals surface area contributed by atoms with Gasteiger partial charge in [-0.15, -0.1) is 29.1 Å². The molecule has 0 N–H and O–H groups in total. The van der Waals surface area contributed by atoms with Gasteiger partial charge in [0.25, 0.3) is 0 Å². The molecule has 0 bridgehead atoms. The summed E-state index contributed by atoms with van der Waals surface area (Å²) in [5, 5.41) is 2.25. The predicted molar refractivity (Wildman–Crippen MR) is 317 cm³/mol. The van der Waals surface area contributed by atoms with Crippen molar-refractivity contribution in [3.63, 3.8) is 0 Å². The number of pyridine rings is 1. The van der Waals surface area contributed by atoms with Crippen LogP contribution >= 0.6 is 0 Å². The Bertz CT molecular complexity index is 3640. The monoisotopic (exact) mass is 1180 g/mol. The van der Waals surface area contributed by atoms with Gasteiger partial charge in [0.05, 0.1) is 5.69 Å². The molecule has 0 amide bonds. The molecule has 76 heavy (non-hydrogen) atoms. The number of fused-ring (bicyclic) bond motifs is 7. The minimum Gasteiger partial charge on any atom is -0.509 e. The number of aromatic nitrogens is 2. The van der Waals surface area contributed by atoms with Crippen molar-refractivity contribution >= 4 is 44.6 Å². The molecule has 0 spiro atoms. The van der Waals surface area contributed by atoms with Crippen LogP contribution in [0.1, 0.15) is 178 Å². The van der Waals surface area contributed by atoms with Crippen LogP contribution in [0.2, 0.25) is 0 Å². The number of rotatable bonds is 13. The molecule has 7 aromatic carbocycles. The quantitative estimate of drug-likeness (QED) is 0.0653. The molecule has 9 aromatic rings. The van der Waals surface area contributed by atoms with Crippen LogP contribution in [0.15, 0.2) is 140 Å². The molecule has 5 nitrogen and oxygen atoms in total. The zero-order chi connectivity index (χ0) is 53.0. The standard InChI is InChI=1S/C70H75N4O.Pt/c1-42(2)49-34-59(44(5)6)68(60(35-49)45(7)8)48-21-20-22-53(31-48)73-41-74(73,66-26-19-18-25-65(66)73)54-32-51(69-61(46(9)10)36-50(43(3)4)37-62(69)47(11)12)33-56(39-54)75-55-27-28-58-57-23-16-17-24-63(57)72(64(58)40-55)67-38-52(29-30-71-67)70(13,14)15;/h16-38,41-47H,1-15H3;/q-1;/t73-,74?;/m0./s1. The van der Waals surface area contributed by atoms with Crippen molar-refractivity contribution < 1.29 is 25.8 Å². The van der Waals surface area contributed by atoms with Crippen LogP contribution in [0.5, 0.6) is 11.5 Å². The fourth-order valence-electron chi connectivity index (χ4n) is 12.1. The molecule has 1 fully saturated rings. The van der Waals surface area contributed by atoms with E-state index in [1.165, 1.54) is 72.7 Å². The van der Waals surface area contributed by atoms with Gasteiger partial charge < -0.3 is 9.30 Å². The van der Waals surface area contributed by atoms with Gasteiger partial charge in [-0.3, -0.25) is 0 Å². The first-order valence-corrected chi connectivity index (χ1v) is 27.6. The number of nitrogens with zero attached hydrogens (tertiary/aromatic N) is 4. The Labute approximate surface area is 468 Å². The predicted octanol–water partition coefficient (Wildman–Crippen LogP) is 20.3. The molecule has 2 aliphatic rings. The summed E-state index contributed by atoms with van der Waals surface area (Å²) in [7, 11) is 0. The van der Waals surface area contributed by atoms with Gasteiger partial charge in [0.1, 0.15) is 5.82 Å². The Morgan fingerprint density at radius 1 is 0.513 bits per heavy atom. The first-order valence-electron chi connectivity index (χ1n) is 27.6. The number of hydrogen-bond donors (Lipinski definition) is 0. The second-order valence-electron chi connectivity index (χ2n) is 24.4. The maximum atomic E-state index is 7.22. The molecule has 4 heterocycles. The minimum absolute atomic E-state index is 0. The van der Waals surface area contributed by atoms with E-state index in [-0.39, 0.29) is 26.5 Å². The van der Waals surface area contributed by atoms with E-state index in [1.807, 2.05) is 6.20 Å². The average Bonchev–Trinajstić information content (AvgIpc) is 2.37. The van der Waals surface area contributed by atoms with Gasteiger partial charge in [0.2, 0.25) is 11.4 Å². The van der Waals surface area contributed by atoms with E-state index >= 15 is 0 Å². The van der Waals surface area contributed by atoms with Crippen molar-refractivity contribution in [1.29, 1.82) is 0 Å². The first-order chi connectivity index (χ1) is 35.7. The molecule has 0 radical (unpaired) electrons. The number of ether oxygens (including phenoxy) is 1. The summed E-state index contributed by atoms with van der Waals surface area (Å²) in [5.41, 5.74) is 21.4. The largest absolute Gasteiger partial charge is 0.509 e. The average molecular weight is 1180 g/mol. The van der Waals surface area contributed by atoms with Gasteiger partial charge >= 0.3 is 0 Å². The van der Waals surface area contributed by atoms with Gasteiger partial charge in [-0.1, -0.05) is 188 Å². The SMILES string of the molecule is CC(C)c1cc(C(C)C)c(-c2cc(Oc3[c-]c4c(cc3)c3ccccc3n4-c3cc(C(C)(C)C)ccn3)[c-]c([N+]34[CH-][N@+]3(c3cccc(-c5c(C(C)C)cc(C(C)C)cc5C(C)C)c3)c3ccccc34)c2)c(C(C)C)c1.[Pt]. The van der Waals surface area contributed by atoms with Crippen molar-refractivity contribution in [2.45, 2.75) is 145 Å². The second kappa shape index (κ2) is 19.7. The topological polar surface area (TPSA) is 27.1 Å². The summed E-state index contributed by atoms with van der Waals surface area (Å²) < 4.78 is 10.5. The number of hydrogen-bond acceptors (Lipinski definition) is 2. The molecule has 2 aromatic heterocycles. The van der Waals surface area contributed by atoms with Crippen LogP contribution in [0.4, 0.5) is 22.7 Å². The summed E-state index contributed by atoms with van der Waals surface area (Å²) in [6.07, 6.45) is 1.93. The summed E-state index contributed by atoms with van der Waals surface area (Å²) >= 11 is 0. The van der Waals surface area contributed by atoms with Crippen LogP contribution in [0, 0.1) is 18.8 Å². The number of benzene rings is 7. The van der Waals surface area contributed by atoms with Crippen molar-refractivity contribution in [2.75, 3.05) is 0 Å². The third kappa shape index (κ3) is 8.61. The van der Waals surface area contributed by atoms with Crippen LogP contribution < -0.4 is 13.9 Å². The fourth-order valence-corrected chi connectivity index (χ4v) is 12.1. The Hall–Kier alpha value is -6.10. The third-order valence-corrected chi connectivity index (χ3v) is 16.3. The van der Waals surface area contributed by atoms with Crippen LogP contribution in [-0.2, 0) is 26.5 Å². The third-order valence-electron chi connectivity index (χ3n) is 16.3. The fraction of sp³-hybridized carbons (Fsp3) is 0.314. The van der Waals surface area contributed by atoms with E-state index in [9.17, 15) is 0 Å². The van der Waals surface area contributed by atoms with Crippen molar-refractivity contribution in [2.24, 2.45) is 0 Å². The zero-order valence-electron chi connectivity index (χ0n) is 47.3. The molecule has 0 saturated carbocycles. The summed E-state index contributed by atoms with van der Waals surface area (Å²) in [6.45, 7) is 37.2.